The molecule has 1 aliphatic heterocycles. The van der Waals surface area contributed by atoms with Crippen molar-refractivity contribution >= 4 is 22.6 Å². The van der Waals surface area contributed by atoms with Crippen LogP contribution in [0.5, 0.6) is 5.75 Å². The molecule has 5 nitrogen and oxygen atoms in total. The van der Waals surface area contributed by atoms with Crippen LogP contribution in [0, 0.1) is 6.92 Å². The van der Waals surface area contributed by atoms with Gasteiger partial charge in [-0.2, -0.15) is 0 Å². The van der Waals surface area contributed by atoms with Gasteiger partial charge in [-0.15, -0.1) is 0 Å². The number of benzene rings is 3. The maximum Gasteiger partial charge on any atom is 0.340 e. The number of esters is 1. The first-order valence-corrected chi connectivity index (χ1v) is 15.9. The van der Waals surface area contributed by atoms with Crippen LogP contribution in [0.2, 0.25) is 0 Å². The highest BCUT2D eigenvalue weighted by Crippen LogP contribution is 2.53. The monoisotopic (exact) mass is 566 g/mol. The molecule has 0 spiro atoms. The Morgan fingerprint density at radius 2 is 1.52 bits per heavy atom. The van der Waals surface area contributed by atoms with Gasteiger partial charge in [0.15, 0.2) is 5.60 Å². The maximum absolute atomic E-state index is 13.7. The molecular weight excluding hydrogens is 520 g/mol. The fourth-order valence-corrected chi connectivity index (χ4v) is 6.53. The summed E-state index contributed by atoms with van der Waals surface area (Å²) < 4.78 is 15.6. The molecule has 0 bridgehead atoms. The zero-order valence-electron chi connectivity index (χ0n) is 26.0. The Hall–Kier alpha value is -3.73. The standard InChI is InChI=1S/C37H46N2O3/c1-6-10-23-38(24-11-7-2)28-21-22-32(34(26-28)41-25-12-8-3)37(31-19-15-13-17-29(31)36(40)42-37)35-27(5)39(9-4)33-20-16-14-18-30(33)35/h13-22,26H,6-12,23-25H2,1-5H3. The molecular formula is C37H46N2O3. The topological polar surface area (TPSA) is 43.7 Å². The number of aryl methyl sites for hydroxylation is 1. The van der Waals surface area contributed by atoms with Crippen molar-refractivity contribution in [3.8, 4) is 5.75 Å². The summed E-state index contributed by atoms with van der Waals surface area (Å²) in [5.74, 6) is 0.491. The fraction of sp³-hybridized carbons (Fsp3) is 0.432. The first-order valence-electron chi connectivity index (χ1n) is 15.9. The van der Waals surface area contributed by atoms with Crippen LogP contribution in [-0.2, 0) is 16.9 Å². The summed E-state index contributed by atoms with van der Waals surface area (Å²) in [5.41, 5.74) is 5.65. The zero-order valence-corrected chi connectivity index (χ0v) is 26.0. The molecule has 1 aliphatic rings. The third kappa shape index (κ3) is 5.19. The van der Waals surface area contributed by atoms with E-state index >= 15 is 0 Å². The van der Waals surface area contributed by atoms with Gasteiger partial charge in [-0.3, -0.25) is 0 Å². The van der Waals surface area contributed by atoms with E-state index in [4.69, 9.17) is 9.47 Å². The van der Waals surface area contributed by atoms with Gasteiger partial charge < -0.3 is 18.9 Å². The molecule has 0 saturated heterocycles. The number of carbonyl (C=O) groups excluding carboxylic acids is 1. The van der Waals surface area contributed by atoms with E-state index < -0.39 is 5.60 Å². The van der Waals surface area contributed by atoms with Crippen molar-refractivity contribution in [3.05, 3.63) is 94.7 Å². The second-order valence-corrected chi connectivity index (χ2v) is 11.4. The predicted octanol–water partition coefficient (Wildman–Crippen LogP) is 9.02. The summed E-state index contributed by atoms with van der Waals surface area (Å²) in [7, 11) is 0. The van der Waals surface area contributed by atoms with E-state index in [2.05, 4.69) is 92.6 Å². The Morgan fingerprint density at radius 3 is 2.24 bits per heavy atom. The minimum atomic E-state index is -1.13. The van der Waals surface area contributed by atoms with Crippen molar-refractivity contribution < 1.29 is 14.3 Å². The van der Waals surface area contributed by atoms with E-state index in [1.54, 1.807) is 0 Å². The summed E-state index contributed by atoms with van der Waals surface area (Å²) in [6.45, 7) is 14.4. The Labute approximate surface area is 251 Å². The highest BCUT2D eigenvalue weighted by molar-refractivity contribution is 5.99. The molecule has 2 heterocycles. The van der Waals surface area contributed by atoms with Crippen LogP contribution in [0.3, 0.4) is 0 Å². The van der Waals surface area contributed by atoms with Gasteiger partial charge in [0.2, 0.25) is 0 Å². The molecule has 5 heteroatoms. The molecule has 0 N–H and O–H groups in total. The number of para-hydroxylation sites is 1. The molecule has 4 aromatic rings. The van der Waals surface area contributed by atoms with Crippen molar-refractivity contribution in [1.82, 2.24) is 4.57 Å². The number of carbonyl (C=O) groups is 1. The van der Waals surface area contributed by atoms with Gasteiger partial charge in [-0.25, -0.2) is 4.79 Å². The molecule has 222 valence electrons. The van der Waals surface area contributed by atoms with Crippen LogP contribution < -0.4 is 9.64 Å². The molecule has 5 rings (SSSR count). The van der Waals surface area contributed by atoms with Gasteiger partial charge in [0.1, 0.15) is 5.75 Å². The van der Waals surface area contributed by atoms with Crippen LogP contribution in [0.1, 0.15) is 99.0 Å². The SMILES string of the molecule is CCCCOc1cc(N(CCCC)CCCC)ccc1C1(c2c(C)n(CC)c3ccccc23)OC(=O)c2ccccc21. The lowest BCUT2D eigenvalue weighted by Crippen LogP contribution is -2.32. The van der Waals surface area contributed by atoms with Crippen LogP contribution in [0.4, 0.5) is 5.69 Å². The van der Waals surface area contributed by atoms with Crippen LogP contribution >= 0.6 is 0 Å². The van der Waals surface area contributed by atoms with Gasteiger partial charge in [0.05, 0.1) is 12.2 Å². The van der Waals surface area contributed by atoms with Gasteiger partial charge in [0, 0.05) is 64.7 Å². The summed E-state index contributed by atoms with van der Waals surface area (Å²) in [4.78, 5) is 16.1. The molecule has 1 aromatic heterocycles. The summed E-state index contributed by atoms with van der Waals surface area (Å²) in [5, 5.41) is 1.09. The van der Waals surface area contributed by atoms with E-state index in [0.29, 0.717) is 12.2 Å². The Kier molecular flexibility index (Phi) is 9.25. The number of cyclic esters (lactones) is 1. The molecule has 0 amide bonds. The van der Waals surface area contributed by atoms with E-state index in [-0.39, 0.29) is 5.97 Å². The molecule has 1 unspecified atom stereocenters. The number of aromatic nitrogens is 1. The van der Waals surface area contributed by atoms with Crippen molar-refractivity contribution in [1.29, 1.82) is 0 Å². The van der Waals surface area contributed by atoms with Crippen molar-refractivity contribution in [2.45, 2.75) is 85.3 Å². The lowest BCUT2D eigenvalue weighted by Gasteiger charge is -2.33. The van der Waals surface area contributed by atoms with Crippen LogP contribution in [0.25, 0.3) is 10.9 Å². The summed E-state index contributed by atoms with van der Waals surface area (Å²) in [6, 6.07) is 22.9. The lowest BCUT2D eigenvalue weighted by molar-refractivity contribution is 0.0245. The number of nitrogens with zero attached hydrogens (tertiary/aromatic N) is 2. The van der Waals surface area contributed by atoms with Crippen LogP contribution in [-0.4, -0.2) is 30.2 Å². The minimum absolute atomic E-state index is 0.297. The van der Waals surface area contributed by atoms with Crippen molar-refractivity contribution in [2.75, 3.05) is 24.6 Å². The lowest BCUT2D eigenvalue weighted by atomic mass is 9.78. The highest BCUT2D eigenvalue weighted by atomic mass is 16.6. The summed E-state index contributed by atoms with van der Waals surface area (Å²) >= 11 is 0. The number of anilines is 1. The van der Waals surface area contributed by atoms with Gasteiger partial charge in [0.25, 0.3) is 0 Å². The minimum Gasteiger partial charge on any atom is -0.493 e. The third-order valence-electron chi connectivity index (χ3n) is 8.70. The van der Waals surface area contributed by atoms with Gasteiger partial charge in [-0.1, -0.05) is 76.4 Å². The largest absolute Gasteiger partial charge is 0.493 e. The highest BCUT2D eigenvalue weighted by Gasteiger charge is 2.52. The average Bonchev–Trinajstić information content (AvgIpc) is 3.47. The predicted molar refractivity (Wildman–Crippen MR) is 173 cm³/mol. The van der Waals surface area contributed by atoms with Crippen molar-refractivity contribution in [3.63, 3.8) is 0 Å². The maximum atomic E-state index is 13.7. The number of unbranched alkanes of at least 4 members (excludes halogenated alkanes) is 3. The fourth-order valence-electron chi connectivity index (χ4n) is 6.53. The van der Waals surface area contributed by atoms with E-state index in [9.17, 15) is 4.79 Å². The van der Waals surface area contributed by atoms with Gasteiger partial charge >= 0.3 is 5.97 Å². The molecule has 42 heavy (non-hydrogen) atoms. The Balaban J connectivity index is 1.80. The van der Waals surface area contributed by atoms with E-state index in [1.165, 1.54) is 0 Å². The molecule has 1 atom stereocenters. The average molecular weight is 567 g/mol. The van der Waals surface area contributed by atoms with E-state index in [0.717, 1.165) is 103 Å². The first-order chi connectivity index (χ1) is 20.5. The molecule has 0 aliphatic carbocycles. The number of ether oxygens (including phenoxy) is 2. The second kappa shape index (κ2) is 13.1. The molecule has 3 aromatic carbocycles. The normalized spacial score (nSPS) is 16.1. The first kappa shape index (κ1) is 29.8. The third-order valence-corrected chi connectivity index (χ3v) is 8.70. The number of fused-ring (bicyclic) bond motifs is 2. The molecule has 0 saturated carbocycles. The zero-order chi connectivity index (χ0) is 29.7. The number of hydrogen-bond donors (Lipinski definition) is 0. The molecule has 0 radical (unpaired) electrons. The van der Waals surface area contributed by atoms with Crippen LogP contribution in [0.15, 0.2) is 66.7 Å². The quantitative estimate of drug-likeness (QED) is 0.113. The number of hydrogen-bond acceptors (Lipinski definition) is 4. The Morgan fingerprint density at radius 1 is 0.833 bits per heavy atom. The Bertz CT molecular complexity index is 1530. The smallest absolute Gasteiger partial charge is 0.340 e. The second-order valence-electron chi connectivity index (χ2n) is 11.4. The van der Waals surface area contributed by atoms with Gasteiger partial charge in [-0.05, 0) is 57.4 Å². The van der Waals surface area contributed by atoms with E-state index in [1.807, 2.05) is 18.2 Å². The number of rotatable bonds is 14. The summed E-state index contributed by atoms with van der Waals surface area (Å²) in [6.07, 6.45) is 6.58. The molecule has 0 fully saturated rings. The van der Waals surface area contributed by atoms with Crippen molar-refractivity contribution in [2.24, 2.45) is 0 Å².